The van der Waals surface area contributed by atoms with Crippen LogP contribution in [0.15, 0.2) is 53.7 Å². The van der Waals surface area contributed by atoms with Gasteiger partial charge < -0.3 is 5.73 Å². The van der Waals surface area contributed by atoms with Gasteiger partial charge in [0.15, 0.2) is 5.78 Å². The monoisotopic (exact) mass is 400 g/mol. The van der Waals surface area contributed by atoms with Crippen LogP contribution in [0.25, 0.3) is 0 Å². The number of rotatable bonds is 4. The summed E-state index contributed by atoms with van der Waals surface area (Å²) in [7, 11) is 0. The maximum Gasteiger partial charge on any atom is 0.275 e. The Morgan fingerprint density at radius 2 is 1.70 bits per heavy atom. The van der Waals surface area contributed by atoms with Gasteiger partial charge in [-0.3, -0.25) is 14.5 Å². The summed E-state index contributed by atoms with van der Waals surface area (Å²) in [6, 6.07) is 11.9. The smallest absolute Gasteiger partial charge is 0.275 e. The van der Waals surface area contributed by atoms with Gasteiger partial charge in [-0.05, 0) is 55.2 Å². The van der Waals surface area contributed by atoms with Crippen LogP contribution >= 0.6 is 23.2 Å². The fourth-order valence-electron chi connectivity index (χ4n) is 3.52. The van der Waals surface area contributed by atoms with Gasteiger partial charge in [0.2, 0.25) is 0 Å². The largest absolute Gasteiger partial charge is 0.394 e. The molecular weight excluding hydrogens is 383 g/mol. The van der Waals surface area contributed by atoms with Gasteiger partial charge in [-0.1, -0.05) is 41.4 Å². The van der Waals surface area contributed by atoms with E-state index in [-0.39, 0.29) is 23.3 Å². The van der Waals surface area contributed by atoms with Crippen molar-refractivity contribution < 1.29 is 9.59 Å². The summed E-state index contributed by atoms with van der Waals surface area (Å²) in [5, 5.41) is 1.10. The van der Waals surface area contributed by atoms with Crippen LogP contribution in [-0.2, 0) is 9.59 Å². The maximum absolute atomic E-state index is 13.1. The van der Waals surface area contributed by atoms with Crippen molar-refractivity contribution >= 4 is 40.6 Å². The van der Waals surface area contributed by atoms with E-state index in [4.69, 9.17) is 28.9 Å². The Hall–Kier alpha value is -2.30. The number of hydrogen-bond donors (Lipinski definition) is 1. The number of carbonyl (C=O) groups is 2. The lowest BCUT2D eigenvalue weighted by Crippen LogP contribution is -2.32. The second kappa shape index (κ2) is 6.70. The molecule has 1 saturated carbocycles. The minimum Gasteiger partial charge on any atom is -0.394 e. The molecule has 1 aliphatic carbocycles. The van der Waals surface area contributed by atoms with Crippen molar-refractivity contribution in [3.63, 3.8) is 0 Å². The standard InChI is InChI=1S/C21H18Cl2N2O2/c1-11-2-7-15(23)10-16(11)25-19(12-5-8-14(22)9-6-12)17(18(24)21(25)27)20(26)13-3-4-13/h2,5-10,13,19H,3-4,24H2,1H3. The first-order chi connectivity index (χ1) is 12.9. The van der Waals surface area contributed by atoms with Gasteiger partial charge in [-0.2, -0.15) is 0 Å². The molecule has 0 radical (unpaired) electrons. The minimum atomic E-state index is -0.583. The number of amides is 1. The van der Waals surface area contributed by atoms with Crippen molar-refractivity contribution in [2.24, 2.45) is 11.7 Å². The number of anilines is 1. The molecule has 1 atom stereocenters. The lowest BCUT2D eigenvalue weighted by Gasteiger charge is -2.28. The summed E-state index contributed by atoms with van der Waals surface area (Å²) >= 11 is 12.2. The Balaban J connectivity index is 1.89. The van der Waals surface area contributed by atoms with Crippen LogP contribution in [0, 0.1) is 12.8 Å². The molecule has 2 aromatic carbocycles. The van der Waals surface area contributed by atoms with Crippen LogP contribution < -0.4 is 10.6 Å². The van der Waals surface area contributed by atoms with Crippen LogP contribution in [0.4, 0.5) is 5.69 Å². The normalized spacial score (nSPS) is 19.7. The number of nitrogens with zero attached hydrogens (tertiary/aromatic N) is 1. The Kier molecular flexibility index (Phi) is 4.49. The first-order valence-corrected chi connectivity index (χ1v) is 9.53. The van der Waals surface area contributed by atoms with E-state index in [1.54, 1.807) is 29.2 Å². The Labute approximate surface area is 167 Å². The summed E-state index contributed by atoms with van der Waals surface area (Å²) in [5.41, 5.74) is 8.88. The molecule has 2 aliphatic rings. The average molecular weight is 401 g/mol. The van der Waals surface area contributed by atoms with Crippen molar-refractivity contribution in [1.29, 1.82) is 0 Å². The molecule has 2 aromatic rings. The minimum absolute atomic E-state index is 0.0197. The van der Waals surface area contributed by atoms with Crippen LogP contribution in [-0.4, -0.2) is 11.7 Å². The highest BCUT2D eigenvalue weighted by molar-refractivity contribution is 6.31. The van der Waals surface area contributed by atoms with Crippen molar-refractivity contribution in [1.82, 2.24) is 0 Å². The van der Waals surface area contributed by atoms with Crippen molar-refractivity contribution in [3.05, 3.63) is 74.9 Å². The van der Waals surface area contributed by atoms with E-state index in [2.05, 4.69) is 0 Å². The van der Waals surface area contributed by atoms with Gasteiger partial charge in [0.1, 0.15) is 5.70 Å². The molecule has 6 heteroatoms. The predicted molar refractivity (Wildman–Crippen MR) is 107 cm³/mol. The molecule has 1 unspecified atom stereocenters. The van der Waals surface area contributed by atoms with Gasteiger partial charge in [-0.15, -0.1) is 0 Å². The maximum atomic E-state index is 13.1. The summed E-state index contributed by atoms with van der Waals surface area (Å²) in [4.78, 5) is 27.7. The zero-order valence-electron chi connectivity index (χ0n) is 14.7. The van der Waals surface area contributed by atoms with E-state index >= 15 is 0 Å². The summed E-state index contributed by atoms with van der Waals surface area (Å²) < 4.78 is 0. The quantitative estimate of drug-likeness (QED) is 0.816. The lowest BCUT2D eigenvalue weighted by molar-refractivity contribution is -0.117. The fraction of sp³-hybridized carbons (Fsp3) is 0.238. The number of ketones is 1. The zero-order chi connectivity index (χ0) is 19.3. The Bertz CT molecular complexity index is 978. The molecule has 1 amide bonds. The Morgan fingerprint density at radius 3 is 2.33 bits per heavy atom. The van der Waals surface area contributed by atoms with Gasteiger partial charge >= 0.3 is 0 Å². The number of benzene rings is 2. The topological polar surface area (TPSA) is 63.4 Å². The van der Waals surface area contributed by atoms with Gasteiger partial charge in [0.25, 0.3) is 5.91 Å². The molecule has 2 N–H and O–H groups in total. The Morgan fingerprint density at radius 1 is 1.07 bits per heavy atom. The molecule has 1 aliphatic heterocycles. The van der Waals surface area contributed by atoms with Gasteiger partial charge in [0.05, 0.1) is 11.6 Å². The highest BCUT2D eigenvalue weighted by Gasteiger charge is 2.46. The van der Waals surface area contributed by atoms with Crippen LogP contribution in [0.1, 0.15) is 30.0 Å². The molecule has 27 heavy (non-hydrogen) atoms. The summed E-state index contributed by atoms with van der Waals surface area (Å²) in [5.74, 6) is -0.450. The van der Waals surface area contributed by atoms with E-state index in [1.165, 1.54) is 0 Å². The highest BCUT2D eigenvalue weighted by atomic mass is 35.5. The summed E-state index contributed by atoms with van der Waals surface area (Å²) in [6.45, 7) is 1.90. The molecule has 4 rings (SSSR count). The highest BCUT2D eigenvalue weighted by Crippen LogP contribution is 2.45. The number of halogens is 2. The van der Waals surface area contributed by atoms with Crippen LogP contribution in [0.5, 0.6) is 0 Å². The molecular formula is C21H18Cl2N2O2. The second-order valence-corrected chi connectivity index (χ2v) is 7.90. The molecule has 1 heterocycles. The first-order valence-electron chi connectivity index (χ1n) is 8.77. The van der Waals surface area contributed by atoms with E-state index in [9.17, 15) is 9.59 Å². The van der Waals surface area contributed by atoms with E-state index in [0.717, 1.165) is 24.0 Å². The summed E-state index contributed by atoms with van der Waals surface area (Å²) in [6.07, 6.45) is 1.68. The van der Waals surface area contributed by atoms with Crippen LogP contribution in [0.2, 0.25) is 10.0 Å². The molecule has 0 aromatic heterocycles. The number of Topliss-reactive ketones (excluding diaryl/α,β-unsaturated/α-hetero) is 1. The fourth-order valence-corrected chi connectivity index (χ4v) is 3.82. The third-order valence-corrected chi connectivity index (χ3v) is 5.59. The van der Waals surface area contributed by atoms with E-state index in [1.807, 2.05) is 25.1 Å². The van der Waals surface area contributed by atoms with E-state index in [0.29, 0.717) is 21.3 Å². The number of aryl methyl sites for hydroxylation is 1. The molecule has 0 spiro atoms. The SMILES string of the molecule is Cc1ccc(Cl)cc1N1C(=O)C(N)=C(C(=O)C2CC2)C1c1ccc(Cl)cc1. The molecule has 1 fully saturated rings. The van der Waals surface area contributed by atoms with Crippen molar-refractivity contribution in [3.8, 4) is 0 Å². The molecule has 0 saturated heterocycles. The van der Waals surface area contributed by atoms with Crippen molar-refractivity contribution in [2.45, 2.75) is 25.8 Å². The zero-order valence-corrected chi connectivity index (χ0v) is 16.2. The number of nitrogens with two attached hydrogens (primary N) is 1. The predicted octanol–water partition coefficient (Wildman–Crippen LogP) is 4.58. The molecule has 138 valence electrons. The van der Waals surface area contributed by atoms with Gasteiger partial charge in [0, 0.05) is 21.7 Å². The molecule has 4 nitrogen and oxygen atoms in total. The van der Waals surface area contributed by atoms with Gasteiger partial charge in [-0.25, -0.2) is 0 Å². The lowest BCUT2D eigenvalue weighted by atomic mass is 9.93. The number of hydrogen-bond acceptors (Lipinski definition) is 3. The average Bonchev–Trinajstić information content (AvgIpc) is 3.45. The van der Waals surface area contributed by atoms with E-state index < -0.39 is 6.04 Å². The third kappa shape index (κ3) is 3.13. The molecule has 0 bridgehead atoms. The first kappa shape index (κ1) is 18.1. The van der Waals surface area contributed by atoms with Crippen LogP contribution in [0.3, 0.4) is 0 Å². The second-order valence-electron chi connectivity index (χ2n) is 7.03. The third-order valence-electron chi connectivity index (χ3n) is 5.10. The van der Waals surface area contributed by atoms with Crippen molar-refractivity contribution in [2.75, 3.05) is 4.90 Å². The number of carbonyl (C=O) groups excluding carboxylic acids is 2.